The molecule has 0 radical (unpaired) electrons. The summed E-state index contributed by atoms with van der Waals surface area (Å²) in [5.74, 6) is 0. The Kier molecular flexibility index (Phi) is 6.14. The van der Waals surface area contributed by atoms with Crippen LogP contribution in [0.3, 0.4) is 0 Å². The molecule has 26 heavy (non-hydrogen) atoms. The third kappa shape index (κ3) is 4.17. The van der Waals surface area contributed by atoms with Gasteiger partial charge in [-0.25, -0.2) is 0 Å². The maximum Gasteiger partial charge on any atom is 2.00 e. The van der Waals surface area contributed by atoms with Gasteiger partial charge in [0.1, 0.15) is 0 Å². The Hall–Kier alpha value is -2.51. The third-order valence-electron chi connectivity index (χ3n) is 3.92. The molecule has 0 atom stereocenters. The molecule has 0 amide bonds. The van der Waals surface area contributed by atoms with Crippen LogP contribution < -0.4 is 4.90 Å². The third-order valence-corrected chi connectivity index (χ3v) is 3.92. The van der Waals surface area contributed by atoms with Gasteiger partial charge < -0.3 is 14.9 Å². The first kappa shape index (κ1) is 18.3. The monoisotopic (exact) mass is 518 g/mol. The molecule has 3 nitrogen and oxygen atoms in total. The van der Waals surface area contributed by atoms with Crippen LogP contribution in [0.25, 0.3) is 0 Å². The fourth-order valence-electron chi connectivity index (χ4n) is 2.79. The quantitative estimate of drug-likeness (QED) is 0.433. The van der Waals surface area contributed by atoms with E-state index in [9.17, 15) is 0 Å². The summed E-state index contributed by atoms with van der Waals surface area (Å²) in [5, 5.41) is 0. The standard InChI is InChI=1S/C22H17N3.Pt/c1-2-8-20(9-3-1)25-21-10-4-6-18(14-21)16-23-12-13-24-17-19-7-5-11-22(25)15-19;/h1-11,16-17H,12-13H2;/q-2;+2. The number of rotatable bonds is 1. The second-order valence-electron chi connectivity index (χ2n) is 5.72. The van der Waals surface area contributed by atoms with Crippen molar-refractivity contribution in [3.05, 3.63) is 90.0 Å². The van der Waals surface area contributed by atoms with Crippen molar-refractivity contribution >= 4 is 29.5 Å². The minimum absolute atomic E-state index is 0. The number of para-hydroxylation sites is 1. The van der Waals surface area contributed by atoms with Gasteiger partial charge in [0, 0.05) is 18.8 Å². The van der Waals surface area contributed by atoms with Crippen LogP contribution >= 0.6 is 0 Å². The average Bonchev–Trinajstić information content (AvgIpc) is 2.66. The Morgan fingerprint density at radius 3 is 1.73 bits per heavy atom. The van der Waals surface area contributed by atoms with Gasteiger partial charge in [-0.1, -0.05) is 30.6 Å². The number of anilines is 3. The van der Waals surface area contributed by atoms with E-state index in [4.69, 9.17) is 0 Å². The predicted octanol–water partition coefficient (Wildman–Crippen LogP) is 4.61. The fourth-order valence-corrected chi connectivity index (χ4v) is 2.79. The number of hydrogen-bond acceptors (Lipinski definition) is 3. The molecule has 0 N–H and O–H groups in total. The summed E-state index contributed by atoms with van der Waals surface area (Å²) in [4.78, 5) is 11.0. The first-order chi connectivity index (χ1) is 12.4. The van der Waals surface area contributed by atoms with Crippen molar-refractivity contribution in [3.63, 3.8) is 0 Å². The van der Waals surface area contributed by atoms with Crippen LogP contribution in [0.1, 0.15) is 11.1 Å². The van der Waals surface area contributed by atoms with Crippen molar-refractivity contribution in [2.45, 2.75) is 0 Å². The van der Waals surface area contributed by atoms with E-state index in [0.29, 0.717) is 13.1 Å². The zero-order valence-corrected chi connectivity index (χ0v) is 16.3. The van der Waals surface area contributed by atoms with Gasteiger partial charge >= 0.3 is 21.1 Å². The average molecular weight is 518 g/mol. The number of fused-ring (bicyclic) bond motifs is 4. The maximum absolute atomic E-state index is 4.44. The van der Waals surface area contributed by atoms with E-state index in [0.717, 1.165) is 28.2 Å². The van der Waals surface area contributed by atoms with Crippen molar-refractivity contribution < 1.29 is 21.1 Å². The summed E-state index contributed by atoms with van der Waals surface area (Å²) in [7, 11) is 0. The molecule has 0 aliphatic carbocycles. The number of benzene rings is 3. The molecule has 0 spiro atoms. The molecular weight excluding hydrogens is 501 g/mol. The normalized spacial score (nSPS) is 13.2. The van der Waals surface area contributed by atoms with E-state index < -0.39 is 0 Å². The fraction of sp³-hybridized carbons (Fsp3) is 0.0909. The summed E-state index contributed by atoms with van der Waals surface area (Å²) in [6.45, 7) is 1.33. The summed E-state index contributed by atoms with van der Waals surface area (Å²) in [6.07, 6.45) is 3.72. The van der Waals surface area contributed by atoms with E-state index in [1.165, 1.54) is 0 Å². The van der Waals surface area contributed by atoms with Crippen LogP contribution in [-0.2, 0) is 21.1 Å². The zero-order chi connectivity index (χ0) is 16.9. The van der Waals surface area contributed by atoms with Gasteiger partial charge in [-0.3, -0.25) is 0 Å². The number of hydrogen-bond donors (Lipinski definition) is 0. The molecule has 130 valence electrons. The minimum atomic E-state index is 0. The molecule has 4 bridgehead atoms. The van der Waals surface area contributed by atoms with Crippen LogP contribution in [0.2, 0.25) is 0 Å². The van der Waals surface area contributed by atoms with E-state index >= 15 is 0 Å². The molecule has 4 heteroatoms. The van der Waals surface area contributed by atoms with E-state index in [1.54, 1.807) is 0 Å². The van der Waals surface area contributed by atoms with Gasteiger partial charge in [0.25, 0.3) is 0 Å². The predicted molar refractivity (Wildman–Crippen MR) is 104 cm³/mol. The van der Waals surface area contributed by atoms with Crippen molar-refractivity contribution in [3.8, 4) is 0 Å². The second kappa shape index (κ2) is 8.73. The van der Waals surface area contributed by atoms with Crippen molar-refractivity contribution in [2.24, 2.45) is 9.98 Å². The molecule has 1 aliphatic rings. The molecular formula is C22H17N3Pt. The van der Waals surface area contributed by atoms with E-state index in [-0.39, 0.29) is 21.1 Å². The summed E-state index contributed by atoms with van der Waals surface area (Å²) < 4.78 is 0. The Labute approximate surface area is 168 Å². The van der Waals surface area contributed by atoms with Gasteiger partial charge in [0.2, 0.25) is 0 Å². The summed E-state index contributed by atoms with van der Waals surface area (Å²) in [6, 6.07) is 29.4. The largest absolute Gasteiger partial charge is 2.00 e. The minimum Gasteiger partial charge on any atom is -0.346 e. The first-order valence-electron chi connectivity index (χ1n) is 8.30. The topological polar surface area (TPSA) is 28.0 Å². The molecule has 0 fully saturated rings. The maximum atomic E-state index is 4.44. The van der Waals surface area contributed by atoms with Gasteiger partial charge in [0.15, 0.2) is 0 Å². The SMILES string of the molecule is [Pt+2].[c-]1c2cccc1N(c1ccccc1)c1[c-]c(ccc1)C=NCCN=C2. The van der Waals surface area contributed by atoms with Gasteiger partial charge in [0.05, 0.1) is 0 Å². The van der Waals surface area contributed by atoms with Crippen LogP contribution in [0, 0.1) is 12.1 Å². The molecule has 3 aromatic rings. The van der Waals surface area contributed by atoms with Crippen molar-refractivity contribution in [2.75, 3.05) is 18.0 Å². The van der Waals surface area contributed by atoms with E-state index in [1.807, 2.05) is 54.9 Å². The first-order valence-corrected chi connectivity index (χ1v) is 8.30. The number of aliphatic imine (C=N–C) groups is 2. The Morgan fingerprint density at radius 2 is 1.19 bits per heavy atom. The van der Waals surface area contributed by atoms with Crippen LogP contribution in [0.5, 0.6) is 0 Å². The molecule has 3 aromatic carbocycles. The van der Waals surface area contributed by atoms with Gasteiger partial charge in [-0.05, 0) is 23.5 Å². The Balaban J connectivity index is 0.00000196. The Morgan fingerprint density at radius 1 is 0.654 bits per heavy atom. The molecule has 0 saturated heterocycles. The molecule has 0 saturated carbocycles. The van der Waals surface area contributed by atoms with Gasteiger partial charge in [-0.2, -0.15) is 0 Å². The smallest absolute Gasteiger partial charge is 0.346 e. The molecule has 4 rings (SSSR count). The molecule has 0 unspecified atom stereocenters. The van der Waals surface area contributed by atoms with Gasteiger partial charge in [-0.15, -0.1) is 59.7 Å². The molecule has 1 heterocycles. The number of nitrogens with zero attached hydrogens (tertiary/aromatic N) is 3. The van der Waals surface area contributed by atoms with Crippen molar-refractivity contribution in [1.29, 1.82) is 0 Å². The van der Waals surface area contributed by atoms with Crippen LogP contribution in [0.15, 0.2) is 76.7 Å². The van der Waals surface area contributed by atoms with E-state index in [2.05, 4.69) is 51.3 Å². The summed E-state index contributed by atoms with van der Waals surface area (Å²) >= 11 is 0. The van der Waals surface area contributed by atoms with Crippen LogP contribution in [-0.4, -0.2) is 25.5 Å². The second-order valence-corrected chi connectivity index (χ2v) is 5.72. The molecule has 0 aromatic heterocycles. The zero-order valence-electron chi connectivity index (χ0n) is 14.1. The van der Waals surface area contributed by atoms with Crippen LogP contribution in [0.4, 0.5) is 17.1 Å². The Bertz CT molecular complexity index is 862. The summed E-state index contributed by atoms with van der Waals surface area (Å²) in [5.41, 5.74) is 4.89. The molecule has 1 aliphatic heterocycles. The van der Waals surface area contributed by atoms with Crippen molar-refractivity contribution in [1.82, 2.24) is 0 Å².